The fourth-order valence-electron chi connectivity index (χ4n) is 7.02. The van der Waals surface area contributed by atoms with Crippen molar-refractivity contribution < 1.29 is 28.6 Å². The summed E-state index contributed by atoms with van der Waals surface area (Å²) in [5.74, 6) is -1.02. The molecular weight excluding hydrogens is 769 g/mol. The highest BCUT2D eigenvalue weighted by molar-refractivity contribution is 5.71. The van der Waals surface area contributed by atoms with Crippen LogP contribution in [0.1, 0.15) is 245 Å². The Morgan fingerprint density at radius 3 is 1.11 bits per heavy atom. The molecule has 0 aliphatic carbocycles. The number of hydrogen-bond donors (Lipinski definition) is 0. The monoisotopic (exact) mass is 865 g/mol. The Hall–Kier alpha value is -3.15. The highest BCUT2D eigenvalue weighted by atomic mass is 16.6. The third-order valence-corrected chi connectivity index (χ3v) is 11.0. The molecule has 0 N–H and O–H groups in total. The Morgan fingerprint density at radius 2 is 0.677 bits per heavy atom. The quantitative estimate of drug-likeness (QED) is 0.0199. The summed E-state index contributed by atoms with van der Waals surface area (Å²) >= 11 is 0. The summed E-state index contributed by atoms with van der Waals surface area (Å²) in [7, 11) is 0. The molecule has 0 heterocycles. The van der Waals surface area contributed by atoms with Gasteiger partial charge in [-0.1, -0.05) is 209 Å². The number of rotatable bonds is 46. The molecule has 0 aromatic heterocycles. The van der Waals surface area contributed by atoms with E-state index in [9.17, 15) is 14.4 Å². The number of ether oxygens (including phenoxy) is 3. The molecule has 0 aliphatic rings. The summed E-state index contributed by atoms with van der Waals surface area (Å²) in [5, 5.41) is 0. The maximum atomic E-state index is 12.7. The van der Waals surface area contributed by atoms with Crippen LogP contribution in [0.5, 0.6) is 0 Å². The zero-order valence-electron chi connectivity index (χ0n) is 40.6. The van der Waals surface area contributed by atoms with E-state index in [1.807, 2.05) is 6.08 Å². The van der Waals surface area contributed by atoms with Crippen molar-refractivity contribution in [2.75, 3.05) is 13.2 Å². The highest BCUT2D eigenvalue weighted by Gasteiger charge is 2.19. The van der Waals surface area contributed by atoms with Crippen LogP contribution in [0.3, 0.4) is 0 Å². The zero-order valence-corrected chi connectivity index (χ0v) is 40.6. The first-order valence-electron chi connectivity index (χ1n) is 26.0. The van der Waals surface area contributed by atoms with E-state index in [0.29, 0.717) is 19.3 Å². The number of hydrogen-bond acceptors (Lipinski definition) is 6. The van der Waals surface area contributed by atoms with E-state index in [2.05, 4.69) is 87.6 Å². The van der Waals surface area contributed by atoms with Gasteiger partial charge in [0.05, 0.1) is 0 Å². The van der Waals surface area contributed by atoms with Gasteiger partial charge in [-0.2, -0.15) is 0 Å². The predicted octanol–water partition coefficient (Wildman–Crippen LogP) is 17.0. The maximum absolute atomic E-state index is 12.7. The molecule has 0 saturated carbocycles. The fraction of sp³-hybridized carbons (Fsp3) is 0.732. The number of carbonyl (C=O) groups excluding carboxylic acids is 3. The number of unbranched alkanes of at least 4 members (excludes halogenated alkanes) is 25. The minimum Gasteiger partial charge on any atom is -0.462 e. The molecule has 356 valence electrons. The molecule has 0 radical (unpaired) electrons. The molecule has 62 heavy (non-hydrogen) atoms. The Kier molecular flexibility index (Phi) is 47.9. The molecule has 0 bridgehead atoms. The first kappa shape index (κ1) is 58.9. The molecule has 6 heteroatoms. The van der Waals surface area contributed by atoms with Gasteiger partial charge in [-0.3, -0.25) is 14.4 Å². The molecule has 0 fully saturated rings. The summed E-state index contributed by atoms with van der Waals surface area (Å²) in [6.45, 7) is 6.52. The van der Waals surface area contributed by atoms with E-state index in [1.54, 1.807) is 0 Å². The van der Waals surface area contributed by atoms with E-state index in [0.717, 1.165) is 89.9 Å². The largest absolute Gasteiger partial charge is 0.462 e. The molecule has 0 aromatic carbocycles. The first-order chi connectivity index (χ1) is 30.5. The van der Waals surface area contributed by atoms with Gasteiger partial charge in [0, 0.05) is 19.3 Å². The third-order valence-electron chi connectivity index (χ3n) is 11.0. The van der Waals surface area contributed by atoms with Crippen molar-refractivity contribution >= 4 is 17.9 Å². The molecular formula is C56H96O6. The van der Waals surface area contributed by atoms with Crippen molar-refractivity contribution in [3.8, 4) is 0 Å². The summed E-state index contributed by atoms with van der Waals surface area (Å²) in [5.41, 5.74) is 0. The van der Waals surface area contributed by atoms with Gasteiger partial charge in [-0.15, -0.1) is 0 Å². The van der Waals surface area contributed by atoms with Crippen LogP contribution in [0.4, 0.5) is 0 Å². The lowest BCUT2D eigenvalue weighted by molar-refractivity contribution is -0.166. The van der Waals surface area contributed by atoms with Gasteiger partial charge in [0.25, 0.3) is 0 Å². The van der Waals surface area contributed by atoms with E-state index >= 15 is 0 Å². The van der Waals surface area contributed by atoms with Gasteiger partial charge in [-0.25, -0.2) is 0 Å². The van der Waals surface area contributed by atoms with Crippen molar-refractivity contribution in [3.63, 3.8) is 0 Å². The van der Waals surface area contributed by atoms with Gasteiger partial charge in [0.2, 0.25) is 0 Å². The van der Waals surface area contributed by atoms with Gasteiger partial charge in [0.1, 0.15) is 13.2 Å². The Morgan fingerprint density at radius 1 is 0.339 bits per heavy atom. The summed E-state index contributed by atoms with van der Waals surface area (Å²) in [6.07, 6.45) is 63.2. The molecule has 0 rings (SSSR count). The van der Waals surface area contributed by atoms with Crippen molar-refractivity contribution in [2.45, 2.75) is 252 Å². The maximum Gasteiger partial charge on any atom is 0.306 e. The average molecular weight is 865 g/mol. The summed E-state index contributed by atoms with van der Waals surface area (Å²) in [4.78, 5) is 37.9. The fourth-order valence-corrected chi connectivity index (χ4v) is 7.02. The Balaban J connectivity index is 4.49. The smallest absolute Gasteiger partial charge is 0.306 e. The molecule has 0 spiro atoms. The normalized spacial score (nSPS) is 12.6. The van der Waals surface area contributed by atoms with Crippen LogP contribution in [-0.2, 0) is 28.6 Å². The predicted molar refractivity (Wildman–Crippen MR) is 265 cm³/mol. The van der Waals surface area contributed by atoms with Crippen molar-refractivity contribution in [1.82, 2.24) is 0 Å². The van der Waals surface area contributed by atoms with Crippen LogP contribution >= 0.6 is 0 Å². The Bertz CT molecular complexity index is 1180. The van der Waals surface area contributed by atoms with Crippen molar-refractivity contribution in [2.24, 2.45) is 0 Å². The molecule has 1 unspecified atom stereocenters. The zero-order chi connectivity index (χ0) is 45.1. The molecule has 0 aromatic rings. The van der Waals surface area contributed by atoms with E-state index in [-0.39, 0.29) is 37.5 Å². The van der Waals surface area contributed by atoms with Crippen molar-refractivity contribution in [3.05, 3.63) is 72.9 Å². The SMILES string of the molecule is CCCCCCC\C=C/C=C\C=C/CCCCCCCC(=O)OCC(COC(=O)CCCCC/C=C\CCCCCCCC)OC(=O)CC/C=C\C/C=C\CCCCCCCC. The highest BCUT2D eigenvalue weighted by Crippen LogP contribution is 2.13. The van der Waals surface area contributed by atoms with Crippen LogP contribution in [0.2, 0.25) is 0 Å². The lowest BCUT2D eigenvalue weighted by Crippen LogP contribution is -2.30. The van der Waals surface area contributed by atoms with Gasteiger partial charge < -0.3 is 14.2 Å². The van der Waals surface area contributed by atoms with Crippen LogP contribution in [-0.4, -0.2) is 37.2 Å². The summed E-state index contributed by atoms with van der Waals surface area (Å²) < 4.78 is 16.7. The second-order valence-electron chi connectivity index (χ2n) is 17.1. The van der Waals surface area contributed by atoms with Crippen molar-refractivity contribution in [1.29, 1.82) is 0 Å². The number of carbonyl (C=O) groups is 3. The van der Waals surface area contributed by atoms with E-state index in [1.165, 1.54) is 109 Å². The Labute approximate surface area is 382 Å². The first-order valence-corrected chi connectivity index (χ1v) is 26.0. The second kappa shape index (κ2) is 50.5. The van der Waals surface area contributed by atoms with Crippen LogP contribution in [0.15, 0.2) is 72.9 Å². The third kappa shape index (κ3) is 47.9. The number of allylic oxidation sites excluding steroid dienone is 12. The summed E-state index contributed by atoms with van der Waals surface area (Å²) in [6, 6.07) is 0. The molecule has 0 amide bonds. The van der Waals surface area contributed by atoms with Gasteiger partial charge in [0.15, 0.2) is 6.10 Å². The standard InChI is InChI=1S/C56H96O6/c1-4-7-10-13-16-19-22-25-26-27-28-29-32-34-37-40-43-46-49-55(58)61-52-53(62-56(59)50-47-44-41-38-35-31-24-21-18-15-12-9-6-3)51-60-54(57)48-45-42-39-36-33-30-23-20-17-14-11-8-5-2/h22,25-31,33,35,41,44,53H,4-21,23-24,32,34,36-40,42-43,45-52H2,1-3H3/b25-22-,27-26-,29-28-,33-30-,35-31-,44-41-. The van der Waals surface area contributed by atoms with Gasteiger partial charge >= 0.3 is 17.9 Å². The average Bonchev–Trinajstić information content (AvgIpc) is 3.27. The minimum atomic E-state index is -0.819. The lowest BCUT2D eigenvalue weighted by Gasteiger charge is -2.18. The van der Waals surface area contributed by atoms with Gasteiger partial charge in [-0.05, 0) is 89.9 Å². The lowest BCUT2D eigenvalue weighted by atomic mass is 10.1. The van der Waals surface area contributed by atoms with Crippen LogP contribution < -0.4 is 0 Å². The molecule has 0 saturated heterocycles. The van der Waals surface area contributed by atoms with E-state index in [4.69, 9.17) is 14.2 Å². The minimum absolute atomic E-state index is 0.113. The van der Waals surface area contributed by atoms with E-state index < -0.39 is 6.10 Å². The van der Waals surface area contributed by atoms with Crippen LogP contribution in [0, 0.1) is 0 Å². The van der Waals surface area contributed by atoms with Crippen LogP contribution in [0.25, 0.3) is 0 Å². The topological polar surface area (TPSA) is 78.9 Å². The molecule has 6 nitrogen and oxygen atoms in total. The second-order valence-corrected chi connectivity index (χ2v) is 17.1. The molecule has 0 aliphatic heterocycles. The molecule has 1 atom stereocenters. The number of esters is 3.